The number of hydrogen-bond donors (Lipinski definition) is 2. The molecule has 1 aliphatic rings. The Kier molecular flexibility index (Phi) is 8.16. The first-order valence-electron chi connectivity index (χ1n) is 10.8. The van der Waals surface area contributed by atoms with Crippen LogP contribution in [0.2, 0.25) is 5.02 Å². The van der Waals surface area contributed by atoms with Gasteiger partial charge in [-0.25, -0.2) is 4.98 Å². The van der Waals surface area contributed by atoms with Crippen molar-refractivity contribution in [1.82, 2.24) is 4.98 Å². The zero-order valence-electron chi connectivity index (χ0n) is 18.4. The van der Waals surface area contributed by atoms with Crippen LogP contribution in [0.3, 0.4) is 0 Å². The van der Waals surface area contributed by atoms with E-state index in [2.05, 4.69) is 10.3 Å². The van der Waals surface area contributed by atoms with Crippen LogP contribution < -0.4 is 25.4 Å². The van der Waals surface area contributed by atoms with E-state index in [4.69, 9.17) is 26.8 Å². The van der Waals surface area contributed by atoms with Crippen LogP contribution in [0.4, 0.5) is 11.5 Å². The molecule has 0 bridgehead atoms. The number of nitrogens with one attached hydrogen (secondary N) is 1. The third-order valence-electron chi connectivity index (χ3n) is 5.18. The number of piperidine rings is 1. The largest absolute Gasteiger partial charge is 0.490 e. The molecule has 1 saturated heterocycles. The van der Waals surface area contributed by atoms with E-state index in [0.29, 0.717) is 47.5 Å². The summed E-state index contributed by atoms with van der Waals surface area (Å²) in [6.07, 6.45) is 4.10. The Labute approximate surface area is 193 Å². The summed E-state index contributed by atoms with van der Waals surface area (Å²) < 4.78 is 11.3. The lowest BCUT2D eigenvalue weighted by atomic mass is 9.97. The Morgan fingerprint density at radius 1 is 1.28 bits per heavy atom. The average Bonchev–Trinajstić information content (AvgIpc) is 2.79. The zero-order chi connectivity index (χ0) is 23.1. The van der Waals surface area contributed by atoms with Crippen LogP contribution >= 0.6 is 11.6 Å². The zero-order valence-corrected chi connectivity index (χ0v) is 19.2. The predicted molar refractivity (Wildman–Crippen MR) is 125 cm³/mol. The third kappa shape index (κ3) is 5.82. The van der Waals surface area contributed by atoms with E-state index < -0.39 is 0 Å². The molecule has 1 aromatic heterocycles. The number of aromatic nitrogens is 1. The second-order valence-electron chi connectivity index (χ2n) is 7.61. The maximum absolute atomic E-state index is 12.8. The minimum Gasteiger partial charge on any atom is -0.490 e. The summed E-state index contributed by atoms with van der Waals surface area (Å²) >= 11 is 6.36. The number of pyridine rings is 1. The van der Waals surface area contributed by atoms with Gasteiger partial charge in [0.25, 0.3) is 5.91 Å². The van der Waals surface area contributed by atoms with E-state index >= 15 is 0 Å². The highest BCUT2D eigenvalue weighted by molar-refractivity contribution is 6.32. The molecular weight excluding hydrogens is 432 g/mol. The quantitative estimate of drug-likeness (QED) is 0.588. The number of carbonyl (C=O) groups excluding carboxylic acids is 2. The van der Waals surface area contributed by atoms with Gasteiger partial charge in [0.1, 0.15) is 5.82 Å². The number of nitrogens with zero attached hydrogens (tertiary/aromatic N) is 2. The SMILES string of the molecule is CCCOc1c(Cl)cc(C(=O)Nc2ccc(N3CCCC(C(N)=O)C3)nc2)cc1OCC. The maximum Gasteiger partial charge on any atom is 0.255 e. The number of carbonyl (C=O) groups is 2. The van der Waals surface area contributed by atoms with E-state index in [1.165, 1.54) is 0 Å². The van der Waals surface area contributed by atoms with E-state index in [1.807, 2.05) is 24.8 Å². The monoisotopic (exact) mass is 460 g/mol. The molecule has 1 unspecified atom stereocenters. The van der Waals surface area contributed by atoms with Crippen molar-refractivity contribution in [2.75, 3.05) is 36.5 Å². The van der Waals surface area contributed by atoms with Gasteiger partial charge in [-0.1, -0.05) is 18.5 Å². The smallest absolute Gasteiger partial charge is 0.255 e. The van der Waals surface area contributed by atoms with Crippen LogP contribution in [0.5, 0.6) is 11.5 Å². The van der Waals surface area contributed by atoms with Crippen molar-refractivity contribution in [3.63, 3.8) is 0 Å². The van der Waals surface area contributed by atoms with Gasteiger partial charge >= 0.3 is 0 Å². The highest BCUT2D eigenvalue weighted by atomic mass is 35.5. The normalized spacial score (nSPS) is 15.8. The first-order chi connectivity index (χ1) is 15.4. The summed E-state index contributed by atoms with van der Waals surface area (Å²) in [4.78, 5) is 30.8. The summed E-state index contributed by atoms with van der Waals surface area (Å²) in [5.74, 6) is 0.826. The van der Waals surface area contributed by atoms with Gasteiger partial charge in [-0.05, 0) is 50.5 Å². The number of rotatable bonds is 9. The first kappa shape index (κ1) is 23.7. The van der Waals surface area contributed by atoms with Crippen molar-refractivity contribution in [1.29, 1.82) is 0 Å². The van der Waals surface area contributed by atoms with E-state index in [9.17, 15) is 9.59 Å². The number of primary amides is 1. The van der Waals surface area contributed by atoms with Crippen LogP contribution in [0.25, 0.3) is 0 Å². The molecule has 2 heterocycles. The van der Waals surface area contributed by atoms with E-state index in [1.54, 1.807) is 24.4 Å². The van der Waals surface area contributed by atoms with Gasteiger partial charge in [-0.2, -0.15) is 0 Å². The molecule has 1 aliphatic heterocycles. The number of hydrogen-bond acceptors (Lipinski definition) is 6. The van der Waals surface area contributed by atoms with E-state index in [-0.39, 0.29) is 17.7 Å². The van der Waals surface area contributed by atoms with Crippen LogP contribution in [-0.4, -0.2) is 43.1 Å². The van der Waals surface area contributed by atoms with Crippen molar-refractivity contribution in [3.05, 3.63) is 41.0 Å². The molecule has 8 nitrogen and oxygen atoms in total. The molecule has 0 aliphatic carbocycles. The summed E-state index contributed by atoms with van der Waals surface area (Å²) in [6, 6.07) is 6.77. The topological polar surface area (TPSA) is 107 Å². The van der Waals surface area contributed by atoms with Gasteiger partial charge in [0.05, 0.1) is 36.0 Å². The molecule has 2 amide bonds. The van der Waals surface area contributed by atoms with Crippen molar-refractivity contribution in [3.8, 4) is 11.5 Å². The Balaban J connectivity index is 1.71. The highest BCUT2D eigenvalue weighted by Gasteiger charge is 2.24. The van der Waals surface area contributed by atoms with Crippen LogP contribution in [0.1, 0.15) is 43.5 Å². The Bertz CT molecular complexity index is 952. The molecule has 172 valence electrons. The standard InChI is InChI=1S/C23H29ClN4O4/c1-3-10-32-21-18(24)11-16(12-19(21)31-4-2)23(30)27-17-7-8-20(26-13-17)28-9-5-6-15(14-28)22(25)29/h7-8,11-13,15H,3-6,9-10,14H2,1-2H3,(H2,25,29)(H,27,30). The molecule has 9 heteroatoms. The van der Waals surface area contributed by atoms with Crippen LogP contribution in [0, 0.1) is 5.92 Å². The molecule has 0 spiro atoms. The van der Waals surface area contributed by atoms with Gasteiger partial charge in [0.15, 0.2) is 11.5 Å². The van der Waals surface area contributed by atoms with Crippen LogP contribution in [0.15, 0.2) is 30.5 Å². The molecule has 1 atom stereocenters. The minimum atomic E-state index is -0.337. The highest BCUT2D eigenvalue weighted by Crippen LogP contribution is 2.37. The fourth-order valence-electron chi connectivity index (χ4n) is 3.57. The number of nitrogens with two attached hydrogens (primary N) is 1. The fraction of sp³-hybridized carbons (Fsp3) is 0.435. The fourth-order valence-corrected chi connectivity index (χ4v) is 3.84. The second-order valence-corrected chi connectivity index (χ2v) is 8.02. The lowest BCUT2D eigenvalue weighted by molar-refractivity contribution is -0.122. The molecule has 0 radical (unpaired) electrons. The van der Waals surface area contributed by atoms with Crippen molar-refractivity contribution in [2.45, 2.75) is 33.1 Å². The summed E-state index contributed by atoms with van der Waals surface area (Å²) in [5, 5.41) is 3.14. The number of amides is 2. The van der Waals surface area contributed by atoms with Gasteiger partial charge in [-0.3, -0.25) is 9.59 Å². The van der Waals surface area contributed by atoms with Crippen molar-refractivity contribution >= 4 is 34.9 Å². The molecule has 32 heavy (non-hydrogen) atoms. The average molecular weight is 461 g/mol. The van der Waals surface area contributed by atoms with Gasteiger partial charge in [-0.15, -0.1) is 0 Å². The van der Waals surface area contributed by atoms with Crippen molar-refractivity contribution < 1.29 is 19.1 Å². The predicted octanol–water partition coefficient (Wildman–Crippen LogP) is 3.88. The molecule has 1 aromatic carbocycles. The van der Waals surface area contributed by atoms with Crippen LogP contribution in [-0.2, 0) is 4.79 Å². The summed E-state index contributed by atoms with van der Waals surface area (Å²) in [6.45, 7) is 6.14. The molecule has 3 rings (SSSR count). The van der Waals surface area contributed by atoms with E-state index in [0.717, 1.165) is 31.6 Å². The Morgan fingerprint density at radius 2 is 2.09 bits per heavy atom. The molecule has 2 aromatic rings. The number of anilines is 2. The number of ether oxygens (including phenoxy) is 2. The second kappa shape index (κ2) is 11.0. The Morgan fingerprint density at radius 3 is 2.75 bits per heavy atom. The minimum absolute atomic E-state index is 0.168. The number of benzene rings is 1. The lowest BCUT2D eigenvalue weighted by Gasteiger charge is -2.32. The first-order valence-corrected chi connectivity index (χ1v) is 11.2. The van der Waals surface area contributed by atoms with Gasteiger partial charge in [0, 0.05) is 18.7 Å². The van der Waals surface area contributed by atoms with Crippen molar-refractivity contribution in [2.24, 2.45) is 11.7 Å². The number of halogens is 1. The maximum atomic E-state index is 12.8. The molecule has 3 N–H and O–H groups in total. The van der Waals surface area contributed by atoms with Gasteiger partial charge < -0.3 is 25.4 Å². The summed E-state index contributed by atoms with van der Waals surface area (Å²) in [5.41, 5.74) is 6.35. The Hall–Kier alpha value is -3.00. The lowest BCUT2D eigenvalue weighted by Crippen LogP contribution is -2.41. The molecular formula is C23H29ClN4O4. The summed E-state index contributed by atoms with van der Waals surface area (Å²) in [7, 11) is 0. The molecule has 0 saturated carbocycles. The van der Waals surface area contributed by atoms with Gasteiger partial charge in [0.2, 0.25) is 5.91 Å². The molecule has 1 fully saturated rings. The third-order valence-corrected chi connectivity index (χ3v) is 5.46.